The molecule has 7 aliphatic rings. The van der Waals surface area contributed by atoms with E-state index in [4.69, 9.17) is 48.6 Å². The van der Waals surface area contributed by atoms with Crippen LogP contribution in [0.4, 0.5) is 34.5 Å². The summed E-state index contributed by atoms with van der Waals surface area (Å²) in [4.78, 5) is 190. The van der Waals surface area contributed by atoms with Crippen LogP contribution in [0.2, 0.25) is 0 Å². The van der Waals surface area contributed by atoms with E-state index in [1.54, 1.807) is 78.7 Å². The fourth-order valence-electron chi connectivity index (χ4n) is 17.5. The molecule has 6 heterocycles. The van der Waals surface area contributed by atoms with Gasteiger partial charge in [-0.15, -0.1) is 0 Å². The number of unbranched alkanes of at least 4 members (excludes halogenated alkanes) is 1. The van der Waals surface area contributed by atoms with Gasteiger partial charge in [-0.25, -0.2) is 4.98 Å². The van der Waals surface area contributed by atoms with Crippen molar-refractivity contribution >= 4 is 111 Å². The average Bonchev–Trinajstić information content (AvgIpc) is 1.36. The first-order chi connectivity index (χ1) is 60.9. The van der Waals surface area contributed by atoms with Gasteiger partial charge in [-0.2, -0.15) is 4.98 Å². The summed E-state index contributed by atoms with van der Waals surface area (Å²) in [5.41, 5.74) is 9.84. The first-order valence-electron chi connectivity index (χ1n) is 44.7. The number of amides is 9. The number of methoxy groups -OCH3 is 1. The number of rotatable bonds is 53. The lowest BCUT2D eigenvalue weighted by atomic mass is 9.72. The zero-order valence-corrected chi connectivity index (χ0v) is 73.5. The number of benzene rings is 3. The normalized spacial score (nSPS) is 18.3. The number of esters is 1. The lowest BCUT2D eigenvalue weighted by molar-refractivity contribution is -0.148. The Balaban J connectivity index is 0.595. The maximum absolute atomic E-state index is 14.1. The molecule has 4 atom stereocenters. The molecule has 35 nitrogen and oxygen atoms in total. The van der Waals surface area contributed by atoms with Gasteiger partial charge in [-0.1, -0.05) is 58.2 Å². The first-order valence-corrected chi connectivity index (χ1v) is 44.7. The number of aromatic nitrogens is 2. The minimum atomic E-state index is -1.03. The monoisotopic (exact) mass is 1750 g/mol. The van der Waals surface area contributed by atoms with E-state index in [0.29, 0.717) is 156 Å². The summed E-state index contributed by atoms with van der Waals surface area (Å²) in [7, 11) is 3.32. The van der Waals surface area contributed by atoms with Crippen molar-refractivity contribution < 1.29 is 100 Å². The van der Waals surface area contributed by atoms with Gasteiger partial charge in [0.1, 0.15) is 41.7 Å². The Morgan fingerprint density at radius 1 is 0.706 bits per heavy atom. The number of piperidine rings is 1. The lowest BCUT2D eigenvalue weighted by Crippen LogP contribution is -2.57. The molecule has 3 saturated heterocycles. The topological polar surface area (TPSA) is 427 Å². The molecule has 3 aromatic carbocycles. The van der Waals surface area contributed by atoms with Gasteiger partial charge in [0.15, 0.2) is 11.6 Å². The summed E-state index contributed by atoms with van der Waals surface area (Å²) in [6, 6.07) is 15.8. The summed E-state index contributed by atoms with van der Waals surface area (Å²) in [5, 5.41) is 15.0. The molecule has 35 heteroatoms. The van der Waals surface area contributed by atoms with Crippen molar-refractivity contribution in [2.75, 3.05) is 165 Å². The van der Waals surface area contributed by atoms with Crippen LogP contribution in [0.1, 0.15) is 194 Å². The van der Waals surface area contributed by atoms with E-state index >= 15 is 0 Å². The van der Waals surface area contributed by atoms with E-state index in [0.717, 1.165) is 73.6 Å². The van der Waals surface area contributed by atoms with Crippen LogP contribution in [0.5, 0.6) is 5.75 Å². The van der Waals surface area contributed by atoms with Gasteiger partial charge in [-0.05, 0) is 118 Å². The number of nitrogens with one attached hydrogen (secondary N) is 5. The minimum Gasteiger partial charge on any atom is -0.495 e. The van der Waals surface area contributed by atoms with Crippen LogP contribution in [0.15, 0.2) is 66.9 Å². The van der Waals surface area contributed by atoms with Crippen molar-refractivity contribution in [3.63, 3.8) is 0 Å². The fourth-order valence-corrected chi connectivity index (χ4v) is 17.5. The van der Waals surface area contributed by atoms with Crippen molar-refractivity contribution in [3.05, 3.63) is 89.1 Å². The zero-order valence-electron chi connectivity index (χ0n) is 73.5. The van der Waals surface area contributed by atoms with Crippen LogP contribution in [-0.4, -0.2) is 271 Å². The van der Waals surface area contributed by atoms with Gasteiger partial charge in [0.25, 0.3) is 11.8 Å². The molecule has 9 amide bonds. The maximum Gasteiger partial charge on any atom is 0.306 e. The molecule has 7 N–H and O–H groups in total. The Bertz CT molecular complexity index is 4420. The summed E-state index contributed by atoms with van der Waals surface area (Å²) < 4.78 is 45.8. The van der Waals surface area contributed by atoms with Crippen LogP contribution in [0.3, 0.4) is 0 Å². The van der Waals surface area contributed by atoms with Gasteiger partial charge in [0.2, 0.25) is 47.3 Å². The number of primary amides is 1. The average molecular weight is 1750 g/mol. The highest BCUT2D eigenvalue weighted by atomic mass is 16.6. The highest BCUT2D eigenvalue weighted by Crippen LogP contribution is 2.46. The van der Waals surface area contributed by atoms with E-state index in [1.807, 2.05) is 32.9 Å². The Labute approximate surface area is 736 Å². The molecular weight excluding hydrogens is 1630 g/mol. The quantitative estimate of drug-likeness (QED) is 0.0114. The van der Waals surface area contributed by atoms with E-state index in [2.05, 4.69) is 46.3 Å². The third-order valence-electron chi connectivity index (χ3n) is 24.6. The van der Waals surface area contributed by atoms with Crippen LogP contribution in [0.25, 0.3) is 0 Å². The van der Waals surface area contributed by atoms with Gasteiger partial charge >= 0.3 is 5.97 Å². The van der Waals surface area contributed by atoms with Crippen LogP contribution in [0, 0.1) is 17.3 Å². The highest BCUT2D eigenvalue weighted by Gasteiger charge is 2.48. The molecule has 4 aromatic rings. The second-order valence-corrected chi connectivity index (χ2v) is 34.0. The molecule has 11 rings (SSSR count). The van der Waals surface area contributed by atoms with Gasteiger partial charge < -0.3 is 94.7 Å². The van der Waals surface area contributed by atoms with Gasteiger partial charge in [0, 0.05) is 162 Å². The number of fused-ring (bicyclic) bond motifs is 2. The standard InChI is InChI=1S/C91H126N14O21/c1-6-73-89(118)100(4)76-55-94-90(99-84(76)105(73)65-13-7-8-14-65)98-71-25-21-62(51-78(71)119-5)85(114)95-64-29-35-101(36-30-64)38-42-120-39-12-33-91(58-102(59-91)74-17-11-15-68-70(74)56-104(88(68)117)75-26-24-66(106)53-77(75)108)54-83(113)126-57-61-19-22-63(23-20-61)96-87(116)72(16-9-10-18-79(92)109)97-86(115)69(60(2)3)52-67(107)32-40-121-43-45-123-47-49-125-50-48-124-46-44-122-41-34-93-80(110)31-37-103-81(111)27-28-82(103)112/h11,15,17,19-23,25,51,55,60,64-65,69,72-73,75H,6-10,12-14,16,18,24,26-50,52-54,56-59H2,1-5H3,(H2,92,109)(H,93,110)(H,95,114)(H,96,116)(H,97,115)(H,94,98,99)/t69-,72-,73+,75?/m0/s1. The van der Waals surface area contributed by atoms with Crippen molar-refractivity contribution in [2.45, 2.75) is 205 Å². The number of nitrogens with two attached hydrogens (primary N) is 1. The van der Waals surface area contributed by atoms with E-state index in [1.165, 1.54) is 0 Å². The fraction of sp³-hybridized carbons (Fsp3) is 0.615. The Morgan fingerprint density at radius 2 is 1.39 bits per heavy atom. The largest absolute Gasteiger partial charge is 0.495 e. The SMILES string of the molecule is CC[C@@H]1C(=O)N(C)c2cnc(Nc3ccc(C(=O)NC4CCN(CCOCCCC5(CC(=O)OCc6ccc(NC(=O)[C@H](CCCCC(N)=O)NC(=O)[C@@H](CC(=O)CCOCCOCCOCCOCCOCCNC(=O)CCN7C(=O)CCC7=O)C(C)C)cc6)CN(c6cccc7c6CN(C6CCC(=O)CC6=O)C7=O)C5)CC4)cc3OC)nc2N1C1CCCC1. The predicted octanol–water partition coefficient (Wildman–Crippen LogP) is 6.84. The number of nitrogens with zero attached hydrogens (tertiary/aromatic N) is 8. The van der Waals surface area contributed by atoms with Gasteiger partial charge in [-0.3, -0.25) is 67.2 Å². The summed E-state index contributed by atoms with van der Waals surface area (Å²) in [6.07, 6.45) is 11.2. The van der Waals surface area contributed by atoms with Gasteiger partial charge in [0.05, 0.1) is 111 Å². The second kappa shape index (κ2) is 47.9. The molecule has 5 fully saturated rings. The Morgan fingerprint density at radius 3 is 2.06 bits per heavy atom. The molecule has 126 heavy (non-hydrogen) atoms. The number of hydrogen-bond acceptors (Lipinski definition) is 27. The van der Waals surface area contributed by atoms with E-state index in [9.17, 15) is 62.3 Å². The summed E-state index contributed by atoms with van der Waals surface area (Å²) in [6.45, 7) is 13.2. The number of hydrogen-bond donors (Lipinski definition) is 6. The predicted molar refractivity (Wildman–Crippen MR) is 465 cm³/mol. The van der Waals surface area contributed by atoms with Crippen LogP contribution in [-0.2, 0) is 99.0 Å². The number of carbonyl (C=O) groups is 13. The molecule has 0 bridgehead atoms. The molecule has 1 unspecified atom stereocenters. The number of likely N-dealkylation sites (N-methyl/N-ethyl adjacent to an activating group) is 1. The van der Waals surface area contributed by atoms with E-state index in [-0.39, 0.29) is 194 Å². The molecule has 0 radical (unpaired) electrons. The highest BCUT2D eigenvalue weighted by molar-refractivity contribution is 6.09. The lowest BCUT2D eigenvalue weighted by Gasteiger charge is -2.52. The first kappa shape index (κ1) is 96.2. The van der Waals surface area contributed by atoms with Crippen molar-refractivity contribution in [2.24, 2.45) is 23.0 Å². The van der Waals surface area contributed by atoms with Crippen molar-refractivity contribution in [1.82, 2.24) is 40.6 Å². The number of Topliss-reactive ketones (excluding diaryl/α,β-unsaturated/α-hetero) is 3. The van der Waals surface area contributed by atoms with Crippen LogP contribution < -0.4 is 51.8 Å². The molecule has 686 valence electrons. The molecule has 2 aliphatic carbocycles. The maximum atomic E-state index is 14.1. The number of anilines is 6. The van der Waals surface area contributed by atoms with Crippen molar-refractivity contribution in [3.8, 4) is 5.75 Å². The molecule has 5 aliphatic heterocycles. The molecular formula is C91H126N14O21. The number of imide groups is 1. The number of ether oxygens (including phenoxy) is 8. The number of carbonyl (C=O) groups excluding carboxylic acids is 13. The third-order valence-corrected chi connectivity index (χ3v) is 24.6. The Hall–Kier alpha value is -10.4. The van der Waals surface area contributed by atoms with Crippen LogP contribution >= 0.6 is 0 Å². The smallest absolute Gasteiger partial charge is 0.306 e. The molecule has 0 spiro atoms. The second-order valence-electron chi connectivity index (χ2n) is 34.0. The zero-order chi connectivity index (χ0) is 89.7. The summed E-state index contributed by atoms with van der Waals surface area (Å²) in [5.74, 6) is -3.13. The van der Waals surface area contributed by atoms with Crippen molar-refractivity contribution in [1.29, 1.82) is 0 Å². The molecule has 1 aromatic heterocycles. The number of likely N-dealkylation sites (tertiary alicyclic amines) is 2. The van der Waals surface area contributed by atoms with E-state index < -0.39 is 47.1 Å². The third kappa shape index (κ3) is 27.3. The Kier molecular flexibility index (Phi) is 36.6. The minimum absolute atomic E-state index is 0.0393. The number of ketones is 3. The molecule has 2 saturated carbocycles. The summed E-state index contributed by atoms with van der Waals surface area (Å²) >= 11 is 0.